The molecule has 7 heteroatoms. The zero-order valence-electron chi connectivity index (χ0n) is 10.3. The molecule has 102 valence electrons. The molecule has 0 aliphatic rings. The summed E-state index contributed by atoms with van der Waals surface area (Å²) in [5.74, 6) is -1.82. The van der Waals surface area contributed by atoms with E-state index < -0.39 is 24.4 Å². The standard InChI is InChI=1S/C12H14N2O4S/c1-19-9-5-3-2-4-8(9)12(17)18-7-11(16)14-6-10(13)15/h2-5H,6-7H2,1H3,(H2,13,15)(H,14,16). The van der Waals surface area contributed by atoms with Gasteiger partial charge in [-0.2, -0.15) is 0 Å². The fourth-order valence-electron chi connectivity index (χ4n) is 1.26. The second-order valence-electron chi connectivity index (χ2n) is 3.52. The molecule has 0 unspecified atom stereocenters. The first kappa shape index (κ1) is 15.0. The van der Waals surface area contributed by atoms with E-state index in [1.165, 1.54) is 11.8 Å². The minimum Gasteiger partial charge on any atom is -0.452 e. The number of hydrogen-bond acceptors (Lipinski definition) is 5. The summed E-state index contributed by atoms with van der Waals surface area (Å²) < 4.78 is 4.85. The van der Waals surface area contributed by atoms with Gasteiger partial charge in [0.05, 0.1) is 12.1 Å². The molecule has 0 aromatic heterocycles. The van der Waals surface area contributed by atoms with Crippen LogP contribution < -0.4 is 11.1 Å². The van der Waals surface area contributed by atoms with Crippen LogP contribution >= 0.6 is 11.8 Å². The lowest BCUT2D eigenvalue weighted by atomic mass is 10.2. The van der Waals surface area contributed by atoms with E-state index in [0.29, 0.717) is 5.56 Å². The van der Waals surface area contributed by atoms with E-state index >= 15 is 0 Å². The number of thioether (sulfide) groups is 1. The number of amides is 2. The van der Waals surface area contributed by atoms with Gasteiger partial charge in [0, 0.05) is 4.90 Å². The molecule has 0 fully saturated rings. The highest BCUT2D eigenvalue weighted by Crippen LogP contribution is 2.20. The van der Waals surface area contributed by atoms with Crippen molar-refractivity contribution in [1.29, 1.82) is 0 Å². The minimum absolute atomic E-state index is 0.280. The molecule has 19 heavy (non-hydrogen) atoms. The minimum atomic E-state index is -0.660. The molecule has 6 nitrogen and oxygen atoms in total. The van der Waals surface area contributed by atoms with Crippen LogP contribution in [-0.2, 0) is 14.3 Å². The van der Waals surface area contributed by atoms with Crippen LogP contribution in [0.25, 0.3) is 0 Å². The largest absolute Gasteiger partial charge is 0.452 e. The number of carbonyl (C=O) groups is 3. The maximum absolute atomic E-state index is 11.8. The molecule has 2 amide bonds. The van der Waals surface area contributed by atoms with Crippen molar-refractivity contribution in [3.05, 3.63) is 29.8 Å². The van der Waals surface area contributed by atoms with Crippen LogP contribution in [0, 0.1) is 0 Å². The van der Waals surface area contributed by atoms with Crippen LogP contribution in [0.15, 0.2) is 29.2 Å². The molecule has 0 aliphatic carbocycles. The molecule has 0 aliphatic heterocycles. The van der Waals surface area contributed by atoms with Crippen molar-refractivity contribution < 1.29 is 19.1 Å². The van der Waals surface area contributed by atoms with E-state index in [9.17, 15) is 14.4 Å². The molecule has 1 aromatic rings. The Morgan fingerprint density at radius 2 is 2.00 bits per heavy atom. The molecule has 0 atom stereocenters. The van der Waals surface area contributed by atoms with Crippen molar-refractivity contribution in [1.82, 2.24) is 5.32 Å². The van der Waals surface area contributed by atoms with Gasteiger partial charge in [-0.25, -0.2) is 4.79 Å². The van der Waals surface area contributed by atoms with Gasteiger partial charge in [0.25, 0.3) is 5.91 Å². The maximum Gasteiger partial charge on any atom is 0.339 e. The Bertz CT molecular complexity index is 490. The highest BCUT2D eigenvalue weighted by atomic mass is 32.2. The van der Waals surface area contributed by atoms with Gasteiger partial charge in [0.15, 0.2) is 6.61 Å². The summed E-state index contributed by atoms with van der Waals surface area (Å²) in [6, 6.07) is 6.93. The van der Waals surface area contributed by atoms with E-state index in [1.54, 1.807) is 18.2 Å². The number of esters is 1. The van der Waals surface area contributed by atoms with Crippen LogP contribution in [0.4, 0.5) is 0 Å². The first-order valence-electron chi connectivity index (χ1n) is 5.39. The van der Waals surface area contributed by atoms with Crippen molar-refractivity contribution in [3.8, 4) is 0 Å². The molecule has 0 saturated carbocycles. The Hall–Kier alpha value is -2.02. The third-order valence-corrected chi connectivity index (χ3v) is 2.92. The number of nitrogens with two attached hydrogens (primary N) is 1. The summed E-state index contributed by atoms with van der Waals surface area (Å²) in [6.07, 6.45) is 1.84. The summed E-state index contributed by atoms with van der Waals surface area (Å²) >= 11 is 1.41. The highest BCUT2D eigenvalue weighted by molar-refractivity contribution is 7.98. The van der Waals surface area contributed by atoms with Gasteiger partial charge < -0.3 is 15.8 Å². The number of carbonyl (C=O) groups excluding carboxylic acids is 3. The number of nitrogens with one attached hydrogen (secondary N) is 1. The van der Waals surface area contributed by atoms with E-state index in [2.05, 4.69) is 5.32 Å². The molecule has 3 N–H and O–H groups in total. The average Bonchev–Trinajstić information content (AvgIpc) is 2.42. The number of ether oxygens (including phenoxy) is 1. The van der Waals surface area contributed by atoms with Crippen molar-refractivity contribution in [3.63, 3.8) is 0 Å². The summed E-state index contributed by atoms with van der Waals surface area (Å²) in [5.41, 5.74) is 5.26. The second-order valence-corrected chi connectivity index (χ2v) is 4.37. The van der Waals surface area contributed by atoms with Gasteiger partial charge in [0.2, 0.25) is 5.91 Å². The van der Waals surface area contributed by atoms with E-state index in [-0.39, 0.29) is 6.54 Å². The van der Waals surface area contributed by atoms with Gasteiger partial charge in [-0.1, -0.05) is 12.1 Å². The van der Waals surface area contributed by atoms with Crippen molar-refractivity contribution in [2.45, 2.75) is 4.90 Å². The van der Waals surface area contributed by atoms with Gasteiger partial charge in [0.1, 0.15) is 0 Å². The first-order valence-corrected chi connectivity index (χ1v) is 6.62. The lowest BCUT2D eigenvalue weighted by Crippen LogP contribution is -2.36. The molecule has 0 saturated heterocycles. The lowest BCUT2D eigenvalue weighted by Gasteiger charge is -2.07. The predicted molar refractivity (Wildman–Crippen MR) is 70.7 cm³/mol. The third kappa shape index (κ3) is 5.01. The lowest BCUT2D eigenvalue weighted by molar-refractivity contribution is -0.127. The highest BCUT2D eigenvalue weighted by Gasteiger charge is 2.13. The molecule has 0 spiro atoms. The van der Waals surface area contributed by atoms with Gasteiger partial charge in [-0.3, -0.25) is 9.59 Å². The monoisotopic (exact) mass is 282 g/mol. The smallest absolute Gasteiger partial charge is 0.339 e. The van der Waals surface area contributed by atoms with Crippen molar-refractivity contribution >= 4 is 29.5 Å². The Kier molecular flexibility index (Phi) is 5.87. The topological polar surface area (TPSA) is 98.5 Å². The average molecular weight is 282 g/mol. The van der Waals surface area contributed by atoms with Crippen molar-refractivity contribution in [2.75, 3.05) is 19.4 Å². The normalized spacial score (nSPS) is 9.74. The van der Waals surface area contributed by atoms with E-state index in [0.717, 1.165) is 4.90 Å². The van der Waals surface area contributed by atoms with Crippen LogP contribution in [0.1, 0.15) is 10.4 Å². The fourth-order valence-corrected chi connectivity index (χ4v) is 1.84. The summed E-state index contributed by atoms with van der Waals surface area (Å²) in [4.78, 5) is 34.2. The van der Waals surface area contributed by atoms with Gasteiger partial charge in [-0.05, 0) is 18.4 Å². The number of benzene rings is 1. The predicted octanol–water partition coefficient (Wildman–Crippen LogP) is 0.167. The maximum atomic E-state index is 11.8. The first-order chi connectivity index (χ1) is 9.04. The molecule has 1 aromatic carbocycles. The quantitative estimate of drug-likeness (QED) is 0.572. The second kappa shape index (κ2) is 7.42. The Morgan fingerprint density at radius 1 is 1.32 bits per heavy atom. The molecule has 0 bridgehead atoms. The molecule has 0 heterocycles. The fraction of sp³-hybridized carbons (Fsp3) is 0.250. The Morgan fingerprint density at radius 3 is 2.63 bits per heavy atom. The summed E-state index contributed by atoms with van der Waals surface area (Å²) in [7, 11) is 0. The Balaban J connectivity index is 2.51. The van der Waals surface area contributed by atoms with Gasteiger partial charge >= 0.3 is 5.97 Å². The summed E-state index contributed by atoms with van der Waals surface area (Å²) in [5, 5.41) is 2.22. The van der Waals surface area contributed by atoms with Crippen LogP contribution in [-0.4, -0.2) is 37.2 Å². The molecular weight excluding hydrogens is 268 g/mol. The zero-order chi connectivity index (χ0) is 14.3. The summed E-state index contributed by atoms with van der Waals surface area (Å²) in [6.45, 7) is -0.730. The zero-order valence-corrected chi connectivity index (χ0v) is 11.2. The van der Waals surface area contributed by atoms with E-state index in [1.807, 2.05) is 12.3 Å². The SMILES string of the molecule is CSc1ccccc1C(=O)OCC(=O)NCC(N)=O. The number of primary amides is 1. The van der Waals surface area contributed by atoms with Crippen molar-refractivity contribution in [2.24, 2.45) is 5.73 Å². The Labute approximate surface area is 114 Å². The molecule has 0 radical (unpaired) electrons. The molecular formula is C12H14N2O4S. The van der Waals surface area contributed by atoms with E-state index in [4.69, 9.17) is 10.5 Å². The molecule has 1 rings (SSSR count). The number of rotatable bonds is 6. The van der Waals surface area contributed by atoms with Gasteiger partial charge in [-0.15, -0.1) is 11.8 Å². The third-order valence-electron chi connectivity index (χ3n) is 2.12. The van der Waals surface area contributed by atoms with Crippen LogP contribution in [0.2, 0.25) is 0 Å². The van der Waals surface area contributed by atoms with Crippen LogP contribution in [0.5, 0.6) is 0 Å². The number of hydrogen-bond donors (Lipinski definition) is 2. The van der Waals surface area contributed by atoms with Crippen LogP contribution in [0.3, 0.4) is 0 Å².